The van der Waals surface area contributed by atoms with Crippen LogP contribution in [0.2, 0.25) is 0 Å². The van der Waals surface area contributed by atoms with E-state index in [9.17, 15) is 5.11 Å². The van der Waals surface area contributed by atoms with Gasteiger partial charge in [0.2, 0.25) is 0 Å². The molecule has 0 aliphatic carbocycles. The van der Waals surface area contributed by atoms with E-state index in [1.807, 2.05) is 48.5 Å². The summed E-state index contributed by atoms with van der Waals surface area (Å²) >= 11 is -0.556. The van der Waals surface area contributed by atoms with Crippen molar-refractivity contribution in [2.24, 2.45) is 4.99 Å². The average molecular weight is 386 g/mol. The Bertz CT molecular complexity index is 625. The zero-order valence-corrected chi connectivity index (χ0v) is 16.6. The van der Waals surface area contributed by atoms with Crippen molar-refractivity contribution in [3.8, 4) is 5.75 Å². The van der Waals surface area contributed by atoms with Crippen LogP contribution in [0.15, 0.2) is 53.5 Å². The third-order valence-electron chi connectivity index (χ3n) is 3.22. The van der Waals surface area contributed by atoms with E-state index in [2.05, 4.69) is 25.8 Å². The van der Waals surface area contributed by atoms with Crippen molar-refractivity contribution in [2.45, 2.75) is 32.7 Å². The van der Waals surface area contributed by atoms with Gasteiger partial charge in [-0.25, -0.2) is 0 Å². The van der Waals surface area contributed by atoms with Crippen LogP contribution in [0.1, 0.15) is 37.5 Å². The van der Waals surface area contributed by atoms with Crippen molar-refractivity contribution in [3.05, 3.63) is 65.2 Å². The zero-order valence-electron chi connectivity index (χ0n) is 13.6. The van der Waals surface area contributed by atoms with Crippen LogP contribution in [0.3, 0.4) is 0 Å². The van der Waals surface area contributed by atoms with Crippen LogP contribution in [0, 0.1) is 0 Å². The number of aliphatic imine (C=N–C) groups is 1. The quantitative estimate of drug-likeness (QED) is 0.534. The minimum atomic E-state index is -0.556. The molecule has 0 aliphatic heterocycles. The van der Waals surface area contributed by atoms with Crippen LogP contribution in [0.25, 0.3) is 0 Å². The van der Waals surface area contributed by atoms with Crippen LogP contribution in [0.4, 0.5) is 0 Å². The first-order chi connectivity index (χ1) is 10.9. The van der Waals surface area contributed by atoms with Crippen LogP contribution >= 0.6 is 18.6 Å². The van der Waals surface area contributed by atoms with E-state index in [4.69, 9.17) is 18.6 Å². The van der Waals surface area contributed by atoms with Gasteiger partial charge in [0.25, 0.3) is 0 Å². The molecule has 5 heteroatoms. The van der Waals surface area contributed by atoms with Crippen LogP contribution in [-0.2, 0) is 29.0 Å². The molecule has 0 fully saturated rings. The maximum absolute atomic E-state index is 10.3. The molecule has 0 aliphatic rings. The summed E-state index contributed by atoms with van der Waals surface area (Å²) in [6, 6.07) is 15.9. The van der Waals surface area contributed by atoms with Gasteiger partial charge in [0.1, 0.15) is 5.75 Å². The third kappa shape index (κ3) is 7.09. The Balaban J connectivity index is 0.000000816. The molecule has 2 nitrogen and oxygen atoms in total. The Hall–Kier alpha value is -0.796. The van der Waals surface area contributed by atoms with Crippen molar-refractivity contribution in [3.63, 3.8) is 0 Å². The van der Waals surface area contributed by atoms with Crippen molar-refractivity contribution in [1.29, 1.82) is 0 Å². The summed E-state index contributed by atoms with van der Waals surface area (Å²) < 4.78 is 0. The van der Waals surface area contributed by atoms with E-state index in [0.29, 0.717) is 12.3 Å². The van der Waals surface area contributed by atoms with Gasteiger partial charge in [-0.05, 0) is 22.6 Å². The first-order valence-corrected chi connectivity index (χ1v) is 11.5. The number of nitrogens with zero attached hydrogens (tertiary/aromatic N) is 1. The second-order valence-corrected chi connectivity index (χ2v) is 8.60. The number of para-hydroxylation sites is 1. The number of hydrogen-bond acceptors (Lipinski definition) is 2. The maximum atomic E-state index is 10.3. The van der Waals surface area contributed by atoms with Gasteiger partial charge in [-0.1, -0.05) is 63.2 Å². The molecule has 2 rings (SSSR count). The fourth-order valence-corrected chi connectivity index (χ4v) is 2.10. The standard InChI is InChI=1S/C18H21NO.2ClH.Ti/c1-18(2,3)16-11-7-10-15(17(16)20)13-19-12-14-8-5-4-6-9-14;;;/h4-11,13,20H,12H2,1-3H3;2*1H;/q;;;+2/p-2. The molecule has 2 aromatic rings. The van der Waals surface area contributed by atoms with Gasteiger partial charge in [0, 0.05) is 11.8 Å². The molecule has 0 radical (unpaired) electrons. The van der Waals surface area contributed by atoms with Crippen molar-refractivity contribution in [2.75, 3.05) is 0 Å². The summed E-state index contributed by atoms with van der Waals surface area (Å²) in [6.45, 7) is 6.90. The van der Waals surface area contributed by atoms with Crippen LogP contribution in [-0.4, -0.2) is 11.3 Å². The Labute approximate surface area is 155 Å². The SMILES string of the molecule is CC(C)(C)c1cccc(C=NCc2ccccc2)c1O.[Cl][Ti][Cl]. The van der Waals surface area contributed by atoms with Gasteiger partial charge in [0.15, 0.2) is 0 Å². The number of benzene rings is 2. The number of aromatic hydroxyl groups is 1. The monoisotopic (exact) mass is 385 g/mol. The first kappa shape index (κ1) is 20.2. The van der Waals surface area contributed by atoms with E-state index >= 15 is 0 Å². The number of phenols is 1. The van der Waals surface area contributed by atoms with E-state index in [1.165, 1.54) is 0 Å². The van der Waals surface area contributed by atoms with Crippen molar-refractivity contribution < 1.29 is 22.1 Å². The van der Waals surface area contributed by atoms with E-state index in [0.717, 1.165) is 16.7 Å². The summed E-state index contributed by atoms with van der Waals surface area (Å²) in [5.41, 5.74) is 2.80. The summed E-state index contributed by atoms with van der Waals surface area (Å²) in [4.78, 5) is 4.41. The average Bonchev–Trinajstić information content (AvgIpc) is 2.50. The molecule has 0 amide bonds. The van der Waals surface area contributed by atoms with Crippen molar-refractivity contribution in [1.82, 2.24) is 0 Å². The Morgan fingerprint density at radius 3 is 2.22 bits per heavy atom. The summed E-state index contributed by atoms with van der Waals surface area (Å²) in [5, 5.41) is 10.3. The molecule has 0 saturated carbocycles. The van der Waals surface area contributed by atoms with E-state index in [-0.39, 0.29) is 5.41 Å². The molecule has 122 valence electrons. The molecule has 0 heterocycles. The van der Waals surface area contributed by atoms with Crippen molar-refractivity contribution >= 4 is 24.8 Å². The molecule has 0 spiro atoms. The van der Waals surface area contributed by atoms with E-state index < -0.39 is 17.0 Å². The van der Waals surface area contributed by atoms with Gasteiger partial charge in [-0.2, -0.15) is 0 Å². The summed E-state index contributed by atoms with van der Waals surface area (Å²) in [7, 11) is 9.78. The molecule has 0 unspecified atom stereocenters. The zero-order chi connectivity index (χ0) is 17.3. The van der Waals surface area contributed by atoms with E-state index in [1.54, 1.807) is 6.21 Å². The second kappa shape index (κ2) is 10.1. The number of hydrogen-bond donors (Lipinski definition) is 1. The molecule has 1 N–H and O–H groups in total. The third-order valence-corrected chi connectivity index (χ3v) is 3.22. The predicted molar refractivity (Wildman–Crippen MR) is 96.3 cm³/mol. The minimum absolute atomic E-state index is 0.0760. The molecule has 0 atom stereocenters. The number of halogens is 2. The molecular formula is C18H21Cl2NOTi. The molecule has 0 saturated heterocycles. The Morgan fingerprint density at radius 1 is 1.04 bits per heavy atom. The number of rotatable bonds is 3. The molecule has 2 aromatic carbocycles. The molecule has 0 aromatic heterocycles. The van der Waals surface area contributed by atoms with Gasteiger partial charge in [0.05, 0.1) is 6.54 Å². The topological polar surface area (TPSA) is 32.6 Å². The normalized spacial score (nSPS) is 11.0. The molecule has 0 bridgehead atoms. The number of phenolic OH excluding ortho intramolecular Hbond substituents is 1. The van der Waals surface area contributed by atoms with Crippen LogP contribution < -0.4 is 0 Å². The summed E-state index contributed by atoms with van der Waals surface area (Å²) in [6.07, 6.45) is 1.75. The van der Waals surface area contributed by atoms with Gasteiger partial charge < -0.3 is 5.11 Å². The second-order valence-electron chi connectivity index (χ2n) is 6.02. The molecular weight excluding hydrogens is 365 g/mol. The fraction of sp³-hybridized carbons (Fsp3) is 0.278. The van der Waals surface area contributed by atoms with Gasteiger partial charge >= 0.3 is 35.6 Å². The Kier molecular flexibility index (Phi) is 8.94. The fourth-order valence-electron chi connectivity index (χ4n) is 2.10. The van der Waals surface area contributed by atoms with Crippen LogP contribution in [0.5, 0.6) is 5.75 Å². The molecule has 23 heavy (non-hydrogen) atoms. The summed E-state index contributed by atoms with van der Waals surface area (Å²) in [5.74, 6) is 0.330. The first-order valence-electron chi connectivity index (χ1n) is 7.22. The van der Waals surface area contributed by atoms with Gasteiger partial charge in [-0.15, -0.1) is 0 Å². The Morgan fingerprint density at radius 2 is 1.65 bits per heavy atom. The predicted octanol–water partition coefficient (Wildman–Crippen LogP) is 5.69. The van der Waals surface area contributed by atoms with Gasteiger partial charge in [-0.3, -0.25) is 4.99 Å².